The van der Waals surface area contributed by atoms with Gasteiger partial charge < -0.3 is 54.2 Å². The van der Waals surface area contributed by atoms with Crippen molar-refractivity contribution in [3.05, 3.63) is 71.2 Å². The first-order chi connectivity index (χ1) is 24.8. The van der Waals surface area contributed by atoms with Crippen LogP contribution in [0.15, 0.2) is 64.3 Å². The van der Waals surface area contributed by atoms with Crippen molar-refractivity contribution in [2.45, 2.75) is 114 Å². The zero-order valence-electron chi connectivity index (χ0n) is 30.3. The number of ether oxygens (including phenoxy) is 4. The second kappa shape index (κ2) is 13.6. The maximum absolute atomic E-state index is 14.0. The molecule has 288 valence electrons. The average molecular weight is 742 g/mol. The zero-order chi connectivity index (χ0) is 38.8. The lowest BCUT2D eigenvalue weighted by Crippen LogP contribution is -2.82. The lowest BCUT2D eigenvalue weighted by molar-refractivity contribution is -0.365. The van der Waals surface area contributed by atoms with Crippen molar-refractivity contribution < 1.29 is 68.1 Å². The molecule has 15 heteroatoms. The molecule has 1 saturated heterocycles. The van der Waals surface area contributed by atoms with Gasteiger partial charge in [-0.25, -0.2) is 9.59 Å². The van der Waals surface area contributed by atoms with Gasteiger partial charge in [-0.15, -0.1) is 0 Å². The van der Waals surface area contributed by atoms with E-state index in [1.54, 1.807) is 32.0 Å². The van der Waals surface area contributed by atoms with Gasteiger partial charge in [0, 0.05) is 37.5 Å². The molecule has 3 aliphatic carbocycles. The Hall–Kier alpha value is -4.12. The molecule has 15 nitrogen and oxygen atoms in total. The van der Waals surface area contributed by atoms with Crippen LogP contribution in [0.3, 0.4) is 0 Å². The van der Waals surface area contributed by atoms with E-state index in [-0.39, 0.29) is 35.5 Å². The molecule has 1 aliphatic heterocycles. The van der Waals surface area contributed by atoms with E-state index in [1.165, 1.54) is 58.2 Å². The first kappa shape index (κ1) is 38.6. The molecule has 2 bridgehead atoms. The summed E-state index contributed by atoms with van der Waals surface area (Å²) in [4.78, 5) is 52.6. The number of aliphatic hydroxyl groups is 5. The summed E-state index contributed by atoms with van der Waals surface area (Å²) in [6, 6.07) is 9.51. The molecule has 6 rings (SSSR count). The van der Waals surface area contributed by atoms with Crippen LogP contribution in [-0.4, -0.2) is 110 Å². The van der Waals surface area contributed by atoms with Crippen LogP contribution >= 0.6 is 0 Å². The fourth-order valence-corrected chi connectivity index (χ4v) is 9.33. The number of amides is 1. The van der Waals surface area contributed by atoms with Crippen LogP contribution in [0.1, 0.15) is 76.5 Å². The molecule has 3 fully saturated rings. The van der Waals surface area contributed by atoms with Crippen LogP contribution in [-0.2, 0) is 33.3 Å². The summed E-state index contributed by atoms with van der Waals surface area (Å²) in [7, 11) is 0. The van der Waals surface area contributed by atoms with E-state index in [1.807, 2.05) is 0 Å². The number of carbonyl (C=O) groups excluding carboxylic acids is 4. The molecule has 2 heterocycles. The highest BCUT2D eigenvalue weighted by molar-refractivity contribution is 5.89. The van der Waals surface area contributed by atoms with E-state index in [4.69, 9.17) is 23.4 Å². The van der Waals surface area contributed by atoms with E-state index >= 15 is 0 Å². The predicted molar refractivity (Wildman–Crippen MR) is 181 cm³/mol. The van der Waals surface area contributed by atoms with E-state index in [0.717, 1.165) is 0 Å². The SMILES string of the molecule is CC(=O)N[C@@H](c1ccco1)[C@@H](O)C(=O)OC1C[C@@]2(O)[C@@H](OC(=O)c3ccccc3)[C@@H]3[C@]4(OC(C)=O)CO[C@@H]4C[C@H](O)[C@@]3(C)[C@H](O)[C@H](O)C(=C1C)C2(C)C. The molecule has 53 heavy (non-hydrogen) atoms. The lowest BCUT2D eigenvalue weighted by Gasteiger charge is -2.69. The van der Waals surface area contributed by atoms with Gasteiger partial charge >= 0.3 is 17.9 Å². The highest BCUT2D eigenvalue weighted by Gasteiger charge is 2.77. The molecule has 1 aromatic carbocycles. The van der Waals surface area contributed by atoms with Crippen LogP contribution in [0.4, 0.5) is 0 Å². The van der Waals surface area contributed by atoms with Crippen molar-refractivity contribution in [3.8, 4) is 0 Å². The van der Waals surface area contributed by atoms with Crippen molar-refractivity contribution >= 4 is 23.8 Å². The van der Waals surface area contributed by atoms with E-state index in [0.29, 0.717) is 0 Å². The van der Waals surface area contributed by atoms with Gasteiger partial charge in [-0.05, 0) is 42.3 Å². The topological polar surface area (TPSA) is 232 Å². The summed E-state index contributed by atoms with van der Waals surface area (Å²) in [5.74, 6) is -4.78. The standard InChI is InChI=1S/C38H47NO14/c1-18-23(51-34(47)29(44)27(39-19(2)40)22-13-10-14-49-22)16-38(48)32(52-33(46)21-11-8-7-9-12-21)30-36(6,31(45)28(43)26(18)35(38,4)5)24(42)15-25-37(30,17-50-25)53-20(3)41/h7-14,23-25,27-32,42-45,48H,15-17H2,1-6H3,(H,39,40)/t23?,24-,25+,27-,28+,29+,30-,31+,32-,36+,37-,38+/m0/s1. The fourth-order valence-electron chi connectivity index (χ4n) is 9.33. The first-order valence-electron chi connectivity index (χ1n) is 17.5. The minimum atomic E-state index is -2.29. The number of aliphatic hydroxyl groups excluding tert-OH is 4. The number of benzene rings is 1. The third-order valence-electron chi connectivity index (χ3n) is 12.2. The molecule has 1 amide bonds. The smallest absolute Gasteiger partial charge is 0.338 e. The van der Waals surface area contributed by atoms with Crippen molar-refractivity contribution in [1.29, 1.82) is 0 Å². The van der Waals surface area contributed by atoms with Gasteiger partial charge in [0.2, 0.25) is 5.91 Å². The predicted octanol–water partition coefficient (Wildman–Crippen LogP) is 1.26. The van der Waals surface area contributed by atoms with Gasteiger partial charge in [-0.3, -0.25) is 9.59 Å². The summed E-state index contributed by atoms with van der Waals surface area (Å²) in [5, 5.41) is 63.3. The molecule has 0 radical (unpaired) electrons. The third kappa shape index (κ3) is 5.97. The van der Waals surface area contributed by atoms with Crippen LogP contribution in [0.25, 0.3) is 0 Å². The fraction of sp³-hybridized carbons (Fsp3) is 0.579. The van der Waals surface area contributed by atoms with Gasteiger partial charge in [-0.2, -0.15) is 0 Å². The number of carbonyl (C=O) groups is 4. The molecule has 1 aromatic heterocycles. The highest BCUT2D eigenvalue weighted by Crippen LogP contribution is 2.65. The maximum atomic E-state index is 14.0. The van der Waals surface area contributed by atoms with Crippen LogP contribution < -0.4 is 5.32 Å². The van der Waals surface area contributed by atoms with Gasteiger partial charge in [0.1, 0.15) is 41.8 Å². The average Bonchev–Trinajstić information content (AvgIpc) is 3.63. The van der Waals surface area contributed by atoms with Crippen LogP contribution in [0.5, 0.6) is 0 Å². The second-order valence-electron chi connectivity index (χ2n) is 15.4. The molecule has 0 spiro atoms. The number of nitrogens with one attached hydrogen (secondary N) is 1. The molecular formula is C38H47NO14. The Kier molecular flexibility index (Phi) is 9.92. The molecule has 4 aliphatic rings. The van der Waals surface area contributed by atoms with E-state index in [9.17, 15) is 44.7 Å². The monoisotopic (exact) mass is 741 g/mol. The molecule has 12 atom stereocenters. The number of fused-ring (bicyclic) bond motifs is 5. The number of esters is 3. The van der Waals surface area contributed by atoms with Crippen molar-refractivity contribution in [2.75, 3.05) is 6.61 Å². The van der Waals surface area contributed by atoms with Crippen molar-refractivity contribution in [3.63, 3.8) is 0 Å². The van der Waals surface area contributed by atoms with Gasteiger partial charge in [-0.1, -0.05) is 39.0 Å². The number of furan rings is 1. The minimum Gasteiger partial charge on any atom is -0.467 e. The molecule has 2 aromatic rings. The van der Waals surface area contributed by atoms with Crippen LogP contribution in [0, 0.1) is 16.7 Å². The first-order valence-corrected chi connectivity index (χ1v) is 17.5. The molecule has 2 saturated carbocycles. The maximum Gasteiger partial charge on any atom is 0.338 e. The second-order valence-corrected chi connectivity index (χ2v) is 15.4. The van der Waals surface area contributed by atoms with Crippen molar-refractivity contribution in [1.82, 2.24) is 5.32 Å². The quantitative estimate of drug-likeness (QED) is 0.127. The normalized spacial score (nSPS) is 36.9. The van der Waals surface area contributed by atoms with Gasteiger partial charge in [0.25, 0.3) is 0 Å². The van der Waals surface area contributed by atoms with Gasteiger partial charge in [0.05, 0.1) is 36.6 Å². The lowest BCUT2D eigenvalue weighted by atomic mass is 9.44. The minimum absolute atomic E-state index is 0.0386. The Morgan fingerprint density at radius 2 is 1.66 bits per heavy atom. The Morgan fingerprint density at radius 1 is 0.981 bits per heavy atom. The number of hydrogen-bond acceptors (Lipinski definition) is 14. The summed E-state index contributed by atoms with van der Waals surface area (Å²) in [6.45, 7) is 8.30. The Morgan fingerprint density at radius 3 is 2.23 bits per heavy atom. The molecule has 6 N–H and O–H groups in total. The summed E-state index contributed by atoms with van der Waals surface area (Å²) >= 11 is 0. The summed E-state index contributed by atoms with van der Waals surface area (Å²) in [5.41, 5.74) is -6.95. The highest BCUT2D eigenvalue weighted by atomic mass is 16.6. The number of rotatable bonds is 8. The molecule has 1 unspecified atom stereocenters. The number of hydrogen-bond donors (Lipinski definition) is 6. The van der Waals surface area contributed by atoms with E-state index < -0.39 is 107 Å². The van der Waals surface area contributed by atoms with Crippen LogP contribution in [0.2, 0.25) is 0 Å². The Bertz CT molecular complexity index is 1780. The summed E-state index contributed by atoms with van der Waals surface area (Å²) < 4.78 is 29.4. The van der Waals surface area contributed by atoms with E-state index in [2.05, 4.69) is 5.32 Å². The molecular weight excluding hydrogens is 694 g/mol. The Balaban J connectivity index is 1.52. The Labute approximate surface area is 305 Å². The third-order valence-corrected chi connectivity index (χ3v) is 12.2. The summed E-state index contributed by atoms with van der Waals surface area (Å²) in [6.07, 6.45) is -10.4. The zero-order valence-corrected chi connectivity index (χ0v) is 30.3. The van der Waals surface area contributed by atoms with Crippen molar-refractivity contribution in [2.24, 2.45) is 16.7 Å². The van der Waals surface area contributed by atoms with Gasteiger partial charge in [0.15, 0.2) is 11.7 Å². The largest absolute Gasteiger partial charge is 0.467 e.